The number of rotatable bonds is 7. The summed E-state index contributed by atoms with van der Waals surface area (Å²) in [5, 5.41) is 9.66. The van der Waals surface area contributed by atoms with Crippen LogP contribution in [0, 0.1) is 0 Å². The van der Waals surface area contributed by atoms with Gasteiger partial charge in [0, 0.05) is 42.4 Å². The lowest BCUT2D eigenvalue weighted by molar-refractivity contribution is -0.119. The fourth-order valence-electron chi connectivity index (χ4n) is 3.81. The molecular weight excluding hydrogens is 454 g/mol. The number of hydrogen-bond acceptors (Lipinski definition) is 5. The molecule has 4 rings (SSSR count). The predicted octanol–water partition coefficient (Wildman–Crippen LogP) is 3.51. The molecule has 2 amide bonds. The molecule has 1 unspecified atom stereocenters. The molecule has 0 bridgehead atoms. The Labute approximate surface area is 198 Å². The van der Waals surface area contributed by atoms with Crippen molar-refractivity contribution in [1.29, 1.82) is 0 Å². The van der Waals surface area contributed by atoms with Crippen LogP contribution in [0.15, 0.2) is 71.9 Å². The zero-order valence-corrected chi connectivity index (χ0v) is 19.7. The van der Waals surface area contributed by atoms with Crippen LogP contribution in [0.25, 0.3) is 0 Å². The van der Waals surface area contributed by atoms with E-state index in [1.165, 1.54) is 16.4 Å². The van der Waals surface area contributed by atoms with Crippen molar-refractivity contribution < 1.29 is 18.0 Å². The van der Waals surface area contributed by atoms with E-state index in [0.29, 0.717) is 24.5 Å². The Bertz CT molecular complexity index is 1270. The molecule has 1 aliphatic heterocycles. The molecule has 0 aliphatic carbocycles. The average Bonchev–Trinajstić information content (AvgIpc) is 3.39. The Morgan fingerprint density at radius 1 is 0.941 bits per heavy atom. The van der Waals surface area contributed by atoms with E-state index in [1.807, 2.05) is 0 Å². The van der Waals surface area contributed by atoms with Crippen LogP contribution in [0.4, 0.5) is 11.4 Å². The molecule has 178 valence electrons. The second-order valence-electron chi connectivity index (χ2n) is 8.18. The van der Waals surface area contributed by atoms with E-state index in [-0.39, 0.29) is 16.4 Å². The minimum Gasteiger partial charge on any atom is -0.324 e. The molecule has 1 saturated heterocycles. The molecule has 2 N–H and O–H groups in total. The van der Waals surface area contributed by atoms with Gasteiger partial charge in [-0.05, 0) is 62.2 Å². The van der Waals surface area contributed by atoms with Crippen molar-refractivity contribution in [3.63, 3.8) is 0 Å². The average molecular weight is 482 g/mol. The van der Waals surface area contributed by atoms with Crippen LogP contribution in [-0.4, -0.2) is 47.4 Å². The summed E-state index contributed by atoms with van der Waals surface area (Å²) in [6, 6.07) is 14.1. The summed E-state index contributed by atoms with van der Waals surface area (Å²) in [6.07, 6.45) is 6.02. The van der Waals surface area contributed by atoms with Crippen LogP contribution in [0.5, 0.6) is 0 Å². The maximum Gasteiger partial charge on any atom is 0.255 e. The molecule has 9 nitrogen and oxygen atoms in total. The summed E-state index contributed by atoms with van der Waals surface area (Å²) in [5.41, 5.74) is 1.22. The summed E-state index contributed by atoms with van der Waals surface area (Å²) in [4.78, 5) is 25.5. The van der Waals surface area contributed by atoms with E-state index in [9.17, 15) is 18.0 Å². The number of nitrogens with one attached hydrogen (secondary N) is 2. The molecule has 2 aromatic carbocycles. The van der Waals surface area contributed by atoms with Crippen LogP contribution in [0.2, 0.25) is 0 Å². The zero-order chi connectivity index (χ0) is 24.1. The molecule has 34 heavy (non-hydrogen) atoms. The third-order valence-electron chi connectivity index (χ3n) is 5.74. The highest BCUT2D eigenvalue weighted by atomic mass is 32.2. The molecule has 1 fully saturated rings. The fourth-order valence-corrected chi connectivity index (χ4v) is 5.37. The summed E-state index contributed by atoms with van der Waals surface area (Å²) in [6.45, 7) is 2.73. The van der Waals surface area contributed by atoms with Crippen molar-refractivity contribution in [3.8, 4) is 0 Å². The first-order valence-corrected chi connectivity index (χ1v) is 12.6. The monoisotopic (exact) mass is 481 g/mol. The van der Waals surface area contributed by atoms with Gasteiger partial charge in [-0.1, -0.05) is 18.6 Å². The highest BCUT2D eigenvalue weighted by molar-refractivity contribution is 7.89. The topological polar surface area (TPSA) is 113 Å². The van der Waals surface area contributed by atoms with Crippen molar-refractivity contribution >= 4 is 33.2 Å². The van der Waals surface area contributed by atoms with E-state index >= 15 is 0 Å². The van der Waals surface area contributed by atoms with Crippen molar-refractivity contribution in [2.75, 3.05) is 23.7 Å². The van der Waals surface area contributed by atoms with E-state index in [0.717, 1.165) is 19.3 Å². The maximum atomic E-state index is 13.0. The van der Waals surface area contributed by atoms with Gasteiger partial charge in [0.25, 0.3) is 5.91 Å². The van der Waals surface area contributed by atoms with Crippen molar-refractivity contribution in [2.24, 2.45) is 0 Å². The number of anilines is 2. The van der Waals surface area contributed by atoms with E-state index in [1.54, 1.807) is 66.5 Å². The van der Waals surface area contributed by atoms with Gasteiger partial charge in [0.1, 0.15) is 6.04 Å². The third kappa shape index (κ3) is 5.35. The maximum absolute atomic E-state index is 13.0. The summed E-state index contributed by atoms with van der Waals surface area (Å²) in [5.74, 6) is -0.688. The molecular formula is C24H27N5O4S. The van der Waals surface area contributed by atoms with Gasteiger partial charge in [0.15, 0.2) is 0 Å². The molecule has 0 saturated carbocycles. The number of aromatic nitrogens is 2. The van der Waals surface area contributed by atoms with Crippen molar-refractivity contribution in [1.82, 2.24) is 14.1 Å². The molecule has 1 aliphatic rings. The minimum absolute atomic E-state index is 0.107. The lowest BCUT2D eigenvalue weighted by atomic mass is 10.2. The highest BCUT2D eigenvalue weighted by Gasteiger charge is 2.26. The number of piperidine rings is 1. The number of benzene rings is 2. The molecule has 10 heteroatoms. The second kappa shape index (κ2) is 10.2. The van der Waals surface area contributed by atoms with Gasteiger partial charge < -0.3 is 10.6 Å². The van der Waals surface area contributed by atoms with Crippen LogP contribution < -0.4 is 10.6 Å². The lowest BCUT2D eigenvalue weighted by Crippen LogP contribution is -2.35. The van der Waals surface area contributed by atoms with Gasteiger partial charge in [0.2, 0.25) is 15.9 Å². The normalized spacial score (nSPS) is 15.4. The first-order valence-electron chi connectivity index (χ1n) is 11.2. The second-order valence-corrected chi connectivity index (χ2v) is 10.1. The van der Waals surface area contributed by atoms with Gasteiger partial charge in [-0.2, -0.15) is 9.40 Å². The quantitative estimate of drug-likeness (QED) is 0.536. The molecule has 2 heterocycles. The Balaban J connectivity index is 1.45. The van der Waals surface area contributed by atoms with Gasteiger partial charge in [0.05, 0.1) is 4.90 Å². The first-order chi connectivity index (χ1) is 16.3. The van der Waals surface area contributed by atoms with Crippen LogP contribution >= 0.6 is 0 Å². The molecule has 0 spiro atoms. The number of sulfonamides is 1. The molecule has 3 aromatic rings. The number of nitrogens with zero attached hydrogens (tertiary/aromatic N) is 3. The zero-order valence-electron chi connectivity index (χ0n) is 18.8. The van der Waals surface area contributed by atoms with Gasteiger partial charge in [-0.25, -0.2) is 8.42 Å². The van der Waals surface area contributed by atoms with Gasteiger partial charge in [-0.15, -0.1) is 0 Å². The number of hydrogen-bond donors (Lipinski definition) is 2. The van der Waals surface area contributed by atoms with Crippen LogP contribution in [-0.2, 0) is 14.8 Å². The Hall–Kier alpha value is -3.50. The molecule has 0 radical (unpaired) electrons. The Morgan fingerprint density at radius 2 is 1.65 bits per heavy atom. The highest BCUT2D eigenvalue weighted by Crippen LogP contribution is 2.22. The standard InChI is InChI=1S/C24H27N5O4S/c1-18(29-15-7-12-25-29)23(30)26-20-9-6-10-21(17-20)27-24(31)19-8-5-11-22(16-19)34(32,33)28-13-3-2-4-14-28/h5-12,15-18H,2-4,13-14H2,1H3,(H,26,30)(H,27,31). The SMILES string of the molecule is CC(C(=O)Nc1cccc(NC(=O)c2cccc(S(=O)(=O)N3CCCCC3)c2)c1)n1cccn1. The third-order valence-corrected chi connectivity index (χ3v) is 7.63. The summed E-state index contributed by atoms with van der Waals surface area (Å²) < 4.78 is 28.9. The molecule has 1 atom stereocenters. The van der Waals surface area contributed by atoms with Crippen molar-refractivity contribution in [2.45, 2.75) is 37.1 Å². The predicted molar refractivity (Wildman–Crippen MR) is 129 cm³/mol. The van der Waals surface area contributed by atoms with Crippen molar-refractivity contribution in [3.05, 3.63) is 72.6 Å². The summed E-state index contributed by atoms with van der Waals surface area (Å²) >= 11 is 0. The number of amides is 2. The Kier molecular flexibility index (Phi) is 7.09. The first kappa shape index (κ1) is 23.7. The summed E-state index contributed by atoms with van der Waals surface area (Å²) in [7, 11) is -3.64. The van der Waals surface area contributed by atoms with E-state index in [4.69, 9.17) is 0 Å². The number of carbonyl (C=O) groups is 2. The smallest absolute Gasteiger partial charge is 0.255 e. The van der Waals surface area contributed by atoms with Gasteiger partial charge >= 0.3 is 0 Å². The van der Waals surface area contributed by atoms with Crippen LogP contribution in [0.1, 0.15) is 42.6 Å². The van der Waals surface area contributed by atoms with Gasteiger partial charge in [-0.3, -0.25) is 14.3 Å². The minimum atomic E-state index is -3.64. The largest absolute Gasteiger partial charge is 0.324 e. The van der Waals surface area contributed by atoms with E-state index < -0.39 is 22.0 Å². The van der Waals surface area contributed by atoms with Crippen LogP contribution in [0.3, 0.4) is 0 Å². The number of carbonyl (C=O) groups excluding carboxylic acids is 2. The fraction of sp³-hybridized carbons (Fsp3) is 0.292. The Morgan fingerprint density at radius 3 is 2.35 bits per heavy atom. The lowest BCUT2D eigenvalue weighted by Gasteiger charge is -2.26. The van der Waals surface area contributed by atoms with E-state index in [2.05, 4.69) is 15.7 Å². The molecule has 1 aromatic heterocycles.